The highest BCUT2D eigenvalue weighted by molar-refractivity contribution is 6.21. The van der Waals surface area contributed by atoms with Crippen LogP contribution in [-0.4, -0.2) is 0 Å². The summed E-state index contributed by atoms with van der Waals surface area (Å²) < 4.78 is 7.05. The second kappa shape index (κ2) is 12.8. The number of nitrogens with zero attached hydrogens (tertiary/aromatic N) is 2. The molecule has 0 saturated heterocycles. The van der Waals surface area contributed by atoms with Gasteiger partial charge in [-0.2, -0.15) is 0 Å². The van der Waals surface area contributed by atoms with Crippen LogP contribution in [-0.2, 0) is 10.8 Å². The van der Waals surface area contributed by atoms with Gasteiger partial charge in [0.1, 0.15) is 11.2 Å². The number of furan rings is 1. The maximum absolute atomic E-state index is 7.05. The van der Waals surface area contributed by atoms with E-state index in [4.69, 9.17) is 4.42 Å². The highest BCUT2D eigenvalue weighted by Crippen LogP contribution is 2.64. The van der Waals surface area contributed by atoms with Crippen LogP contribution in [0.15, 0.2) is 174 Å². The lowest BCUT2D eigenvalue weighted by Gasteiger charge is -2.32. The number of para-hydroxylation sites is 3. The van der Waals surface area contributed by atoms with E-state index in [2.05, 4.69) is 221 Å². The van der Waals surface area contributed by atoms with E-state index in [1.54, 1.807) is 0 Å². The molecular formula is C56H46N2O. The monoisotopic (exact) mass is 762 g/mol. The molecule has 286 valence electrons. The molecule has 0 spiro atoms. The van der Waals surface area contributed by atoms with Crippen molar-refractivity contribution in [1.82, 2.24) is 0 Å². The van der Waals surface area contributed by atoms with Crippen LogP contribution >= 0.6 is 0 Å². The second-order valence-electron chi connectivity index (χ2n) is 17.5. The van der Waals surface area contributed by atoms with E-state index in [9.17, 15) is 0 Å². The summed E-state index contributed by atoms with van der Waals surface area (Å²) in [5, 5.41) is 2.38. The maximum Gasteiger partial charge on any atom is 0.144 e. The average molecular weight is 763 g/mol. The molecular weight excluding hydrogens is 717 g/mol. The van der Waals surface area contributed by atoms with Crippen LogP contribution in [0.5, 0.6) is 0 Å². The predicted molar refractivity (Wildman–Crippen MR) is 248 cm³/mol. The van der Waals surface area contributed by atoms with Crippen LogP contribution < -0.4 is 9.80 Å². The summed E-state index contributed by atoms with van der Waals surface area (Å²) >= 11 is 0. The minimum absolute atomic E-state index is 0.312. The van der Waals surface area contributed by atoms with Crippen molar-refractivity contribution in [2.45, 2.75) is 52.4 Å². The number of hydrogen-bond acceptors (Lipinski definition) is 3. The highest BCUT2D eigenvalue weighted by Gasteiger charge is 2.49. The molecule has 0 saturated carbocycles. The average Bonchev–Trinajstić information content (AvgIpc) is 3.83. The van der Waals surface area contributed by atoms with Crippen molar-refractivity contribution < 1.29 is 4.42 Å². The van der Waals surface area contributed by atoms with Crippen molar-refractivity contribution in [1.29, 1.82) is 0 Å². The number of benzene rings is 8. The SMILES string of the molecule is Cc1ccc(N(c2ccccc2)c2ccc3c(c2)C(C)(C)c2c4c(c5c(oc6ccccc65)c2-3)-c2ccc(N(c3ccccc3)c3ccc(C)cc3)cc2C4(C)C)cc1. The lowest BCUT2D eigenvalue weighted by atomic mass is 9.72. The van der Waals surface area contributed by atoms with E-state index < -0.39 is 0 Å². The van der Waals surface area contributed by atoms with Gasteiger partial charge in [0, 0.05) is 61.3 Å². The summed E-state index contributed by atoms with van der Waals surface area (Å²) in [7, 11) is 0. The maximum atomic E-state index is 7.05. The first kappa shape index (κ1) is 35.3. The Hall–Kier alpha value is -6.84. The molecule has 0 N–H and O–H groups in total. The van der Waals surface area contributed by atoms with Crippen molar-refractivity contribution in [2.24, 2.45) is 0 Å². The molecule has 59 heavy (non-hydrogen) atoms. The lowest BCUT2D eigenvalue weighted by molar-refractivity contribution is 0.600. The van der Waals surface area contributed by atoms with E-state index in [1.165, 1.54) is 61.0 Å². The third kappa shape index (κ3) is 5.20. The number of anilines is 6. The van der Waals surface area contributed by atoms with Gasteiger partial charge in [-0.25, -0.2) is 0 Å². The van der Waals surface area contributed by atoms with Gasteiger partial charge in [0.15, 0.2) is 0 Å². The van der Waals surface area contributed by atoms with Crippen LogP contribution in [0.25, 0.3) is 44.2 Å². The smallest absolute Gasteiger partial charge is 0.144 e. The molecule has 0 aliphatic heterocycles. The topological polar surface area (TPSA) is 19.6 Å². The highest BCUT2D eigenvalue weighted by atomic mass is 16.3. The first-order valence-electron chi connectivity index (χ1n) is 20.8. The van der Waals surface area contributed by atoms with Crippen molar-refractivity contribution in [3.8, 4) is 22.3 Å². The van der Waals surface area contributed by atoms with Gasteiger partial charge in [-0.3, -0.25) is 0 Å². The standard InChI is InChI=1S/C56H46N2O/c1-35-21-25-39(26-22-35)57(37-15-9-7-10-16-37)41-29-31-43-46(33-41)55(3,4)52-49(43)50-45-19-13-14-20-48(45)59-54(50)51-44-32-30-42(34-47(44)56(5,6)53(51)52)58(38-17-11-8-12-18-38)40-27-23-36(2)24-28-40/h7-34H,1-6H3. The quantitative estimate of drug-likeness (QED) is 0.168. The van der Waals surface area contributed by atoms with Crippen molar-refractivity contribution in [3.05, 3.63) is 203 Å². The molecule has 2 aliphatic carbocycles. The molecule has 0 fully saturated rings. The Morgan fingerprint density at radius 1 is 0.407 bits per heavy atom. The zero-order valence-corrected chi connectivity index (χ0v) is 34.5. The Balaban J connectivity index is 1.15. The van der Waals surface area contributed by atoms with Crippen LogP contribution in [0.3, 0.4) is 0 Å². The molecule has 11 rings (SSSR count). The van der Waals surface area contributed by atoms with Gasteiger partial charge in [0.05, 0.1) is 0 Å². The summed E-state index contributed by atoms with van der Waals surface area (Å²) in [6, 6.07) is 62.0. The summed E-state index contributed by atoms with van der Waals surface area (Å²) in [6.07, 6.45) is 0. The summed E-state index contributed by atoms with van der Waals surface area (Å²) in [5.41, 5.74) is 21.1. The largest absolute Gasteiger partial charge is 0.455 e. The molecule has 1 heterocycles. The van der Waals surface area contributed by atoms with Gasteiger partial charge in [-0.15, -0.1) is 0 Å². The Morgan fingerprint density at radius 2 is 0.814 bits per heavy atom. The number of hydrogen-bond donors (Lipinski definition) is 0. The third-order valence-electron chi connectivity index (χ3n) is 13.1. The van der Waals surface area contributed by atoms with E-state index in [1.807, 2.05) is 0 Å². The van der Waals surface area contributed by atoms with E-state index in [-0.39, 0.29) is 10.8 Å². The van der Waals surface area contributed by atoms with Gasteiger partial charge < -0.3 is 14.2 Å². The summed E-state index contributed by atoms with van der Waals surface area (Å²) in [4.78, 5) is 4.77. The zero-order valence-electron chi connectivity index (χ0n) is 34.5. The van der Waals surface area contributed by atoms with Crippen LogP contribution in [0.1, 0.15) is 61.1 Å². The zero-order chi connectivity index (χ0) is 40.2. The molecule has 0 unspecified atom stereocenters. The number of fused-ring (bicyclic) bond motifs is 12. The summed E-state index contributed by atoms with van der Waals surface area (Å²) in [6.45, 7) is 14.0. The molecule has 3 heteroatoms. The van der Waals surface area contributed by atoms with Gasteiger partial charge >= 0.3 is 0 Å². The normalized spacial score (nSPS) is 14.2. The number of aryl methyl sites for hydroxylation is 2. The molecule has 0 atom stereocenters. The fourth-order valence-electron chi connectivity index (χ4n) is 10.3. The molecule has 0 bridgehead atoms. The molecule has 9 aromatic rings. The first-order valence-corrected chi connectivity index (χ1v) is 20.8. The van der Waals surface area contributed by atoms with Crippen LogP contribution in [0, 0.1) is 13.8 Å². The first-order chi connectivity index (χ1) is 28.6. The van der Waals surface area contributed by atoms with Crippen LogP contribution in [0.4, 0.5) is 34.1 Å². The third-order valence-corrected chi connectivity index (χ3v) is 13.1. The van der Waals surface area contributed by atoms with E-state index >= 15 is 0 Å². The van der Waals surface area contributed by atoms with Crippen LogP contribution in [0.2, 0.25) is 0 Å². The molecule has 0 radical (unpaired) electrons. The van der Waals surface area contributed by atoms with Gasteiger partial charge in [0.25, 0.3) is 0 Å². The summed E-state index contributed by atoms with van der Waals surface area (Å²) in [5.74, 6) is 0. The molecule has 2 aliphatic rings. The van der Waals surface area contributed by atoms with Crippen molar-refractivity contribution in [2.75, 3.05) is 9.80 Å². The molecule has 8 aromatic carbocycles. The van der Waals surface area contributed by atoms with Gasteiger partial charge in [-0.1, -0.05) is 130 Å². The molecule has 0 amide bonds. The fraction of sp³-hybridized carbons (Fsp3) is 0.143. The van der Waals surface area contributed by atoms with Gasteiger partial charge in [-0.05, 0) is 132 Å². The number of rotatable bonds is 6. The Bertz CT molecular complexity index is 3100. The minimum Gasteiger partial charge on any atom is -0.455 e. The van der Waals surface area contributed by atoms with E-state index in [0.717, 1.165) is 50.7 Å². The molecule has 3 nitrogen and oxygen atoms in total. The predicted octanol–water partition coefficient (Wildman–Crippen LogP) is 15.8. The Labute approximate surface area is 346 Å². The Morgan fingerprint density at radius 3 is 1.32 bits per heavy atom. The minimum atomic E-state index is -0.326. The fourth-order valence-corrected chi connectivity index (χ4v) is 10.3. The van der Waals surface area contributed by atoms with E-state index in [0.29, 0.717) is 0 Å². The lowest BCUT2D eigenvalue weighted by Crippen LogP contribution is -2.24. The Kier molecular flexibility index (Phi) is 7.68. The van der Waals surface area contributed by atoms with Crippen molar-refractivity contribution >= 4 is 56.1 Å². The second-order valence-corrected chi connectivity index (χ2v) is 17.5. The molecule has 1 aromatic heterocycles. The van der Waals surface area contributed by atoms with Gasteiger partial charge in [0.2, 0.25) is 0 Å². The van der Waals surface area contributed by atoms with Crippen molar-refractivity contribution in [3.63, 3.8) is 0 Å².